The maximum Gasteiger partial charge on any atom is 0.435 e. The maximum absolute atomic E-state index is 14.4. The van der Waals surface area contributed by atoms with Crippen LogP contribution in [0.1, 0.15) is 33.5 Å². The molecule has 3 aromatic carbocycles. The third kappa shape index (κ3) is 6.40. The largest absolute Gasteiger partial charge is 0.435 e. The van der Waals surface area contributed by atoms with Crippen molar-refractivity contribution in [3.05, 3.63) is 81.9 Å². The molecule has 1 aliphatic heterocycles. The lowest BCUT2D eigenvalue weighted by Crippen LogP contribution is -2.43. The van der Waals surface area contributed by atoms with Gasteiger partial charge >= 0.3 is 18.5 Å². The number of fused-ring (bicyclic) bond motifs is 1. The highest BCUT2D eigenvalue weighted by Gasteiger charge is 2.62. The van der Waals surface area contributed by atoms with E-state index in [1.165, 1.54) is 36.4 Å². The number of alkyl halides is 9. The predicted molar refractivity (Wildman–Crippen MR) is 132 cm³/mol. The molecule has 0 aromatic heterocycles. The van der Waals surface area contributed by atoms with Gasteiger partial charge in [0.15, 0.2) is 0 Å². The van der Waals surface area contributed by atoms with Crippen LogP contribution in [0.15, 0.2) is 59.8 Å². The molecule has 224 valence electrons. The fraction of sp³-hybridized carbons (Fsp3) is 0.269. The summed E-state index contributed by atoms with van der Waals surface area (Å²) in [6.07, 6.45) is -15.9. The summed E-state index contributed by atoms with van der Waals surface area (Å²) in [6.45, 7) is -2.39. The van der Waals surface area contributed by atoms with Crippen LogP contribution >= 0.6 is 11.6 Å². The van der Waals surface area contributed by atoms with Gasteiger partial charge in [-0.2, -0.15) is 39.5 Å². The fourth-order valence-electron chi connectivity index (χ4n) is 4.30. The molecule has 16 heteroatoms. The summed E-state index contributed by atoms with van der Waals surface area (Å²) in [7, 11) is 0. The number of nitrogens with zero attached hydrogens (tertiary/aromatic N) is 1. The smallest absolute Gasteiger partial charge is 0.374 e. The number of hydrogen-bond acceptors (Lipinski definition) is 4. The van der Waals surface area contributed by atoms with Gasteiger partial charge in [-0.25, -0.2) is 0 Å². The maximum atomic E-state index is 14.4. The van der Waals surface area contributed by atoms with E-state index in [1.807, 2.05) is 0 Å². The summed E-state index contributed by atoms with van der Waals surface area (Å²) in [5.41, 5.74) is -5.95. The zero-order chi connectivity index (χ0) is 31.1. The molecule has 0 saturated heterocycles. The Hall–Kier alpha value is -4.01. The first-order chi connectivity index (χ1) is 19.4. The molecular weight excluding hydrogens is 609 g/mol. The molecule has 1 atom stereocenters. The molecule has 2 N–H and O–H groups in total. The van der Waals surface area contributed by atoms with Crippen LogP contribution in [-0.2, 0) is 21.4 Å². The summed E-state index contributed by atoms with van der Waals surface area (Å²) >= 11 is 5.73. The summed E-state index contributed by atoms with van der Waals surface area (Å²) < 4.78 is 120. The molecule has 6 nitrogen and oxygen atoms in total. The van der Waals surface area contributed by atoms with Crippen LogP contribution in [0.5, 0.6) is 0 Å². The second-order valence-electron chi connectivity index (χ2n) is 9.14. The highest BCUT2D eigenvalue weighted by molar-refractivity contribution is 6.30. The fourth-order valence-corrected chi connectivity index (χ4v) is 4.54. The first-order valence-corrected chi connectivity index (χ1v) is 12.1. The van der Waals surface area contributed by atoms with Gasteiger partial charge < -0.3 is 15.5 Å². The molecule has 1 aliphatic rings. The highest BCUT2D eigenvalue weighted by atomic mass is 35.5. The van der Waals surface area contributed by atoms with Crippen molar-refractivity contribution in [3.8, 4) is 0 Å². The van der Waals surface area contributed by atoms with Gasteiger partial charge in [0.2, 0.25) is 5.91 Å². The zero-order valence-electron chi connectivity index (χ0n) is 20.8. The molecular formula is C26H17ClF9N3O3. The van der Waals surface area contributed by atoms with E-state index >= 15 is 0 Å². The van der Waals surface area contributed by atoms with Crippen molar-refractivity contribution in [3.63, 3.8) is 0 Å². The van der Waals surface area contributed by atoms with Gasteiger partial charge in [0.1, 0.15) is 6.54 Å². The Labute approximate surface area is 235 Å². The molecule has 1 unspecified atom stereocenters. The second-order valence-corrected chi connectivity index (χ2v) is 9.57. The molecule has 0 bridgehead atoms. The Morgan fingerprint density at radius 1 is 0.905 bits per heavy atom. The number of nitrogens with one attached hydrogen (secondary N) is 2. The second kappa shape index (κ2) is 11.0. The molecule has 0 spiro atoms. The van der Waals surface area contributed by atoms with E-state index < -0.39 is 71.6 Å². The van der Waals surface area contributed by atoms with Crippen LogP contribution in [0, 0.1) is 0 Å². The first-order valence-electron chi connectivity index (χ1n) is 11.7. The van der Waals surface area contributed by atoms with Crippen LogP contribution in [0.4, 0.5) is 39.5 Å². The number of carbonyl (C=O) groups is 2. The number of carbonyl (C=O) groups excluding carboxylic acids is 2. The van der Waals surface area contributed by atoms with Crippen LogP contribution in [0.2, 0.25) is 5.02 Å². The Morgan fingerprint density at radius 2 is 1.57 bits per heavy atom. The minimum atomic E-state index is -5.24. The summed E-state index contributed by atoms with van der Waals surface area (Å²) in [5, 5.41) is 7.11. The van der Waals surface area contributed by atoms with Gasteiger partial charge in [-0.05, 0) is 35.0 Å². The van der Waals surface area contributed by atoms with Crippen molar-refractivity contribution in [1.82, 2.24) is 10.6 Å². The molecule has 4 rings (SSSR count). The Morgan fingerprint density at radius 3 is 2.19 bits per heavy atom. The molecule has 42 heavy (non-hydrogen) atoms. The predicted octanol–water partition coefficient (Wildman–Crippen LogP) is 6.50. The van der Waals surface area contributed by atoms with Gasteiger partial charge in [0.25, 0.3) is 11.5 Å². The Kier molecular flexibility index (Phi) is 8.10. The van der Waals surface area contributed by atoms with Crippen LogP contribution in [0.3, 0.4) is 0 Å². The van der Waals surface area contributed by atoms with Gasteiger partial charge in [-0.3, -0.25) is 9.59 Å². The third-order valence-corrected chi connectivity index (χ3v) is 6.47. The van der Waals surface area contributed by atoms with Crippen molar-refractivity contribution < 1.29 is 53.9 Å². The van der Waals surface area contributed by atoms with E-state index in [-0.39, 0.29) is 33.7 Å². The van der Waals surface area contributed by atoms with Crippen molar-refractivity contribution >= 4 is 39.9 Å². The molecule has 0 radical (unpaired) electrons. The minimum Gasteiger partial charge on any atom is -0.374 e. The number of halogens is 10. The van der Waals surface area contributed by atoms with Crippen molar-refractivity contribution in [1.29, 1.82) is 0 Å². The molecule has 0 saturated carbocycles. The van der Waals surface area contributed by atoms with E-state index in [9.17, 15) is 49.1 Å². The molecule has 2 amide bonds. The van der Waals surface area contributed by atoms with E-state index in [0.29, 0.717) is 12.1 Å². The summed E-state index contributed by atoms with van der Waals surface area (Å²) in [4.78, 5) is 29.2. The third-order valence-electron chi connectivity index (χ3n) is 6.25. The number of benzene rings is 3. The molecule has 0 aliphatic carbocycles. The Bertz CT molecular complexity index is 1570. The minimum absolute atomic E-state index is 0.0641. The number of oxime groups is 1. The monoisotopic (exact) mass is 625 g/mol. The van der Waals surface area contributed by atoms with Gasteiger partial charge in [-0.1, -0.05) is 47.1 Å². The number of rotatable bonds is 6. The van der Waals surface area contributed by atoms with Crippen LogP contribution in [-0.4, -0.2) is 43.0 Å². The van der Waals surface area contributed by atoms with Crippen molar-refractivity contribution in [2.45, 2.75) is 30.6 Å². The van der Waals surface area contributed by atoms with Crippen molar-refractivity contribution in [2.75, 3.05) is 13.1 Å². The normalized spacial score (nSPS) is 17.5. The standard InChI is InChI=1S/C26H17ClF9N3O3/c27-15-8-13(7-14(9-15)25(31,32)33)23(26(34,35)36)10-20(39-42-23)18-5-6-19(17-4-2-1-3-16(17)18)22(41)37-11-21(40)38-12-24(28,29)30/h1-9H,10-12H2,(H,37,41)(H,38,40). The quantitative estimate of drug-likeness (QED) is 0.307. The number of amides is 2. The van der Waals surface area contributed by atoms with Crippen LogP contribution < -0.4 is 10.6 Å². The first kappa shape index (κ1) is 30.9. The lowest BCUT2D eigenvalue weighted by Gasteiger charge is -2.30. The lowest BCUT2D eigenvalue weighted by molar-refractivity contribution is -0.276. The highest BCUT2D eigenvalue weighted by Crippen LogP contribution is 2.50. The van der Waals surface area contributed by atoms with E-state index in [4.69, 9.17) is 16.4 Å². The average molecular weight is 626 g/mol. The molecule has 0 fully saturated rings. The van der Waals surface area contributed by atoms with Crippen molar-refractivity contribution in [2.24, 2.45) is 5.16 Å². The van der Waals surface area contributed by atoms with E-state index in [2.05, 4.69) is 10.5 Å². The summed E-state index contributed by atoms with van der Waals surface area (Å²) in [6, 6.07) is 9.75. The molecule has 3 aromatic rings. The number of hydrogen-bond donors (Lipinski definition) is 2. The summed E-state index contributed by atoms with van der Waals surface area (Å²) in [5.74, 6) is -1.98. The Balaban J connectivity index is 1.65. The SMILES string of the molecule is O=C(CNC(=O)c1ccc(C2=NOC(c3cc(Cl)cc(C(F)(F)F)c3)(C(F)(F)F)C2)c2ccccc12)NCC(F)(F)F. The lowest BCUT2D eigenvalue weighted by atomic mass is 9.84. The van der Waals surface area contributed by atoms with Gasteiger partial charge in [-0.15, -0.1) is 0 Å². The van der Waals surface area contributed by atoms with E-state index in [1.54, 1.807) is 5.32 Å². The molecule has 1 heterocycles. The van der Waals surface area contributed by atoms with Crippen LogP contribution in [0.25, 0.3) is 10.8 Å². The average Bonchev–Trinajstić information content (AvgIpc) is 3.36. The van der Waals surface area contributed by atoms with Gasteiger partial charge in [0, 0.05) is 28.1 Å². The topological polar surface area (TPSA) is 79.8 Å². The van der Waals surface area contributed by atoms with E-state index in [0.717, 1.165) is 0 Å². The zero-order valence-corrected chi connectivity index (χ0v) is 21.5. The van der Waals surface area contributed by atoms with Gasteiger partial charge in [0.05, 0.1) is 17.8 Å².